The second-order valence-electron chi connectivity index (χ2n) is 8.23. The monoisotopic (exact) mass is 425 g/mol. The number of aromatic nitrogens is 3. The first kappa shape index (κ1) is 19.5. The minimum absolute atomic E-state index is 0.315. The molecule has 0 atom stereocenters. The van der Waals surface area contributed by atoms with Crippen LogP contribution in [-0.4, -0.2) is 51.1 Å². The Morgan fingerprint density at radius 2 is 2.00 bits per heavy atom. The van der Waals surface area contributed by atoms with Crippen LogP contribution in [0, 0.1) is 5.82 Å². The summed E-state index contributed by atoms with van der Waals surface area (Å²) in [4.78, 5) is 16.9. The van der Waals surface area contributed by atoms with Gasteiger partial charge in [-0.25, -0.2) is 19.3 Å². The summed E-state index contributed by atoms with van der Waals surface area (Å²) in [5, 5.41) is 15.3. The Labute approximate surface area is 178 Å². The molecule has 3 heterocycles. The van der Waals surface area contributed by atoms with Crippen molar-refractivity contribution in [2.75, 3.05) is 25.5 Å². The molecule has 0 radical (unpaired) electrons. The molecule has 2 aromatic heterocycles. The van der Waals surface area contributed by atoms with Crippen LogP contribution in [0.3, 0.4) is 0 Å². The Hall–Kier alpha value is -2.42. The number of thiazole rings is 1. The lowest BCUT2D eigenvalue weighted by molar-refractivity contribution is -0.0203. The van der Waals surface area contributed by atoms with Crippen molar-refractivity contribution in [1.29, 1.82) is 0 Å². The van der Waals surface area contributed by atoms with E-state index in [4.69, 9.17) is 4.98 Å². The highest BCUT2D eigenvalue weighted by Gasteiger charge is 2.37. The maximum atomic E-state index is 14.0. The molecule has 1 aliphatic heterocycles. The predicted octanol–water partition coefficient (Wildman–Crippen LogP) is 3.89. The smallest absolute Gasteiger partial charge is 0.223 e. The molecule has 0 unspecified atom stereocenters. The number of benzene rings is 1. The standard InChI is InChI=1S/C22H24FN5OS/c1-28-11-8-22(29,9-12-28)20-27-18(14-3-2-4-15(23)13-14)19(30-20)17-7-10-24-21(26-17)25-16-5-6-16/h2-4,7,10,13,16,29H,5-6,8-9,11-12H2,1H3,(H,24,25,26). The van der Waals surface area contributed by atoms with Gasteiger partial charge in [0.2, 0.25) is 5.95 Å². The number of hydrogen-bond acceptors (Lipinski definition) is 7. The highest BCUT2D eigenvalue weighted by Crippen LogP contribution is 2.43. The Kier molecular flexibility index (Phi) is 5.00. The first-order valence-electron chi connectivity index (χ1n) is 10.3. The van der Waals surface area contributed by atoms with Gasteiger partial charge in [-0.1, -0.05) is 12.1 Å². The van der Waals surface area contributed by atoms with Crippen LogP contribution in [0.4, 0.5) is 10.3 Å². The number of rotatable bonds is 5. The van der Waals surface area contributed by atoms with Gasteiger partial charge in [0.25, 0.3) is 0 Å². The van der Waals surface area contributed by atoms with Gasteiger partial charge in [0.1, 0.15) is 16.4 Å². The highest BCUT2D eigenvalue weighted by molar-refractivity contribution is 7.15. The summed E-state index contributed by atoms with van der Waals surface area (Å²) in [6.45, 7) is 1.62. The first-order valence-corrected chi connectivity index (χ1v) is 11.1. The molecule has 30 heavy (non-hydrogen) atoms. The summed E-state index contributed by atoms with van der Waals surface area (Å²) in [5.41, 5.74) is 1.09. The van der Waals surface area contributed by atoms with Crippen LogP contribution >= 0.6 is 11.3 Å². The topological polar surface area (TPSA) is 74.2 Å². The van der Waals surface area contributed by atoms with E-state index in [0.717, 1.165) is 36.5 Å². The average molecular weight is 426 g/mol. The van der Waals surface area contributed by atoms with Crippen molar-refractivity contribution >= 4 is 17.3 Å². The fourth-order valence-corrected chi connectivity index (χ4v) is 4.89. The van der Waals surface area contributed by atoms with E-state index in [2.05, 4.69) is 27.2 Å². The van der Waals surface area contributed by atoms with Crippen molar-refractivity contribution in [2.45, 2.75) is 37.3 Å². The minimum atomic E-state index is -0.973. The number of aliphatic hydroxyl groups is 1. The maximum Gasteiger partial charge on any atom is 0.223 e. The fraction of sp³-hybridized carbons (Fsp3) is 0.409. The van der Waals surface area contributed by atoms with Gasteiger partial charge in [-0.05, 0) is 50.9 Å². The maximum absolute atomic E-state index is 14.0. The van der Waals surface area contributed by atoms with E-state index >= 15 is 0 Å². The molecular weight excluding hydrogens is 401 g/mol. The number of anilines is 1. The average Bonchev–Trinajstić information content (AvgIpc) is 3.43. The predicted molar refractivity (Wildman–Crippen MR) is 116 cm³/mol. The third-order valence-electron chi connectivity index (χ3n) is 5.74. The van der Waals surface area contributed by atoms with Crippen LogP contribution in [0.25, 0.3) is 21.8 Å². The van der Waals surface area contributed by atoms with E-state index < -0.39 is 5.60 Å². The van der Waals surface area contributed by atoms with Crippen LogP contribution in [-0.2, 0) is 5.60 Å². The van der Waals surface area contributed by atoms with Crippen molar-refractivity contribution in [3.05, 3.63) is 47.4 Å². The molecule has 0 spiro atoms. The van der Waals surface area contributed by atoms with E-state index in [1.807, 2.05) is 12.1 Å². The number of nitrogens with zero attached hydrogens (tertiary/aromatic N) is 4. The largest absolute Gasteiger partial charge is 0.383 e. The Morgan fingerprint density at radius 3 is 2.73 bits per heavy atom. The SMILES string of the molecule is CN1CCC(O)(c2nc(-c3cccc(F)c3)c(-c3ccnc(NC4CC4)n3)s2)CC1. The van der Waals surface area contributed by atoms with Crippen molar-refractivity contribution in [3.63, 3.8) is 0 Å². The summed E-state index contributed by atoms with van der Waals surface area (Å²) in [5.74, 6) is 0.276. The van der Waals surface area contributed by atoms with Crippen LogP contribution in [0.15, 0.2) is 36.5 Å². The van der Waals surface area contributed by atoms with E-state index in [0.29, 0.717) is 41.1 Å². The number of nitrogens with one attached hydrogen (secondary N) is 1. The summed E-state index contributed by atoms with van der Waals surface area (Å²) in [6, 6.07) is 8.71. The number of likely N-dealkylation sites (tertiary alicyclic amines) is 1. The summed E-state index contributed by atoms with van der Waals surface area (Å²) < 4.78 is 14.0. The van der Waals surface area contributed by atoms with Crippen molar-refractivity contribution < 1.29 is 9.50 Å². The van der Waals surface area contributed by atoms with Crippen LogP contribution in [0.1, 0.15) is 30.7 Å². The van der Waals surface area contributed by atoms with Gasteiger partial charge in [-0.15, -0.1) is 11.3 Å². The fourth-order valence-electron chi connectivity index (χ4n) is 3.69. The van der Waals surface area contributed by atoms with Gasteiger partial charge >= 0.3 is 0 Å². The molecule has 3 aromatic rings. The van der Waals surface area contributed by atoms with Gasteiger partial charge in [0.15, 0.2) is 0 Å². The molecule has 1 aromatic carbocycles. The lowest BCUT2D eigenvalue weighted by Gasteiger charge is -2.34. The molecule has 156 valence electrons. The quantitative estimate of drug-likeness (QED) is 0.646. The van der Waals surface area contributed by atoms with Crippen LogP contribution in [0.2, 0.25) is 0 Å². The van der Waals surface area contributed by atoms with Gasteiger partial charge in [-0.2, -0.15) is 0 Å². The lowest BCUT2D eigenvalue weighted by Crippen LogP contribution is -2.40. The summed E-state index contributed by atoms with van der Waals surface area (Å²) in [7, 11) is 2.06. The van der Waals surface area contributed by atoms with Crippen molar-refractivity contribution in [3.8, 4) is 21.8 Å². The number of halogens is 1. The molecule has 0 amide bonds. The third-order valence-corrected chi connectivity index (χ3v) is 7.01. The van der Waals surface area contributed by atoms with Crippen LogP contribution < -0.4 is 5.32 Å². The normalized spacial score (nSPS) is 19.0. The van der Waals surface area contributed by atoms with Gasteiger partial charge in [-0.3, -0.25) is 0 Å². The first-order chi connectivity index (χ1) is 14.5. The Bertz CT molecular complexity index is 1060. The molecule has 1 saturated carbocycles. The van der Waals surface area contributed by atoms with Crippen molar-refractivity contribution in [1.82, 2.24) is 19.9 Å². The van der Waals surface area contributed by atoms with Crippen molar-refractivity contribution in [2.24, 2.45) is 0 Å². The molecule has 2 N–H and O–H groups in total. The zero-order valence-electron chi connectivity index (χ0n) is 16.8. The minimum Gasteiger partial charge on any atom is -0.383 e. The molecule has 2 aliphatic rings. The molecule has 5 rings (SSSR count). The summed E-state index contributed by atoms with van der Waals surface area (Å²) in [6.07, 6.45) is 5.24. The van der Waals surface area contributed by atoms with E-state index in [-0.39, 0.29) is 5.82 Å². The zero-order valence-corrected chi connectivity index (χ0v) is 17.6. The molecule has 1 saturated heterocycles. The Morgan fingerprint density at radius 1 is 1.20 bits per heavy atom. The van der Waals surface area contributed by atoms with E-state index in [1.165, 1.54) is 23.5 Å². The molecule has 2 fully saturated rings. The molecule has 8 heteroatoms. The van der Waals surface area contributed by atoms with Gasteiger partial charge < -0.3 is 15.3 Å². The van der Waals surface area contributed by atoms with Gasteiger partial charge in [0, 0.05) is 30.9 Å². The number of hydrogen-bond donors (Lipinski definition) is 2. The van der Waals surface area contributed by atoms with E-state index in [1.54, 1.807) is 12.3 Å². The van der Waals surface area contributed by atoms with Gasteiger partial charge in [0.05, 0.1) is 16.3 Å². The highest BCUT2D eigenvalue weighted by atomic mass is 32.1. The van der Waals surface area contributed by atoms with Crippen LogP contribution in [0.5, 0.6) is 0 Å². The lowest BCUT2D eigenvalue weighted by atomic mass is 9.92. The molecule has 6 nitrogen and oxygen atoms in total. The molecule has 1 aliphatic carbocycles. The molecule has 0 bridgehead atoms. The zero-order chi connectivity index (χ0) is 20.7. The third kappa shape index (κ3) is 3.95. The Balaban J connectivity index is 1.59. The summed E-state index contributed by atoms with van der Waals surface area (Å²) >= 11 is 1.44. The number of piperidine rings is 1. The molecular formula is C22H24FN5OS. The second kappa shape index (κ2) is 7.68. The van der Waals surface area contributed by atoms with E-state index in [9.17, 15) is 9.50 Å². The second-order valence-corrected chi connectivity index (χ2v) is 9.23.